The van der Waals surface area contributed by atoms with Gasteiger partial charge in [-0.15, -0.1) is 0 Å². The largest absolute Gasteiger partial charge is 0.469 e. The maximum absolute atomic E-state index is 12.6. The Morgan fingerprint density at radius 2 is 1.67 bits per heavy atom. The van der Waals surface area contributed by atoms with Crippen molar-refractivity contribution in [2.45, 2.75) is 131 Å². The van der Waals surface area contributed by atoms with Crippen LogP contribution in [0, 0.1) is 39.4 Å². The minimum atomic E-state index is -0.906. The van der Waals surface area contributed by atoms with Gasteiger partial charge in [0.15, 0.2) is 0 Å². The van der Waals surface area contributed by atoms with Crippen molar-refractivity contribution in [1.29, 1.82) is 0 Å². The average molecular weight is 583 g/mol. The summed E-state index contributed by atoms with van der Waals surface area (Å²) in [6, 6.07) is 0. The van der Waals surface area contributed by atoms with Crippen molar-refractivity contribution >= 4 is 17.9 Å². The number of allylic oxidation sites excluding steroid dienone is 2. The standard InChI is InChI=1S/C35H50O7/c1-19-17-35(21(3)20(2)30(38)42-35)41-24-18-34(8)23-10-11-25-31(4,5)26(40-28(37)16-27(36)39-9)13-14-32(25,6)22(23)12-15-33(34,7)29(19)24/h19,24-26,29H,10-18H2,1-9H3/t19-,24-,25+,26-,29+,32-,33-,34+,35?/m1/s1. The molecular weight excluding hydrogens is 532 g/mol. The molecule has 6 rings (SSSR count). The molecule has 0 radical (unpaired) electrons. The van der Waals surface area contributed by atoms with E-state index >= 15 is 0 Å². The van der Waals surface area contributed by atoms with Crippen LogP contribution in [0.5, 0.6) is 0 Å². The normalized spacial score (nSPS) is 45.5. The first-order valence-corrected chi connectivity index (χ1v) is 16.1. The van der Waals surface area contributed by atoms with Crippen LogP contribution in [0.15, 0.2) is 22.3 Å². The van der Waals surface area contributed by atoms with E-state index in [0.29, 0.717) is 23.3 Å². The molecule has 1 saturated heterocycles. The summed E-state index contributed by atoms with van der Waals surface area (Å²) >= 11 is 0. The second-order valence-corrected chi connectivity index (χ2v) is 15.8. The molecule has 7 heteroatoms. The van der Waals surface area contributed by atoms with Crippen LogP contribution in [0.2, 0.25) is 0 Å². The predicted molar refractivity (Wildman–Crippen MR) is 157 cm³/mol. The lowest BCUT2D eigenvalue weighted by Crippen LogP contribution is -2.56. The second kappa shape index (κ2) is 9.42. The number of rotatable bonds is 3. The van der Waals surface area contributed by atoms with Gasteiger partial charge in [-0.2, -0.15) is 0 Å². The Bertz CT molecular complexity index is 1290. The number of methoxy groups -OCH3 is 1. The van der Waals surface area contributed by atoms with Crippen LogP contribution in [0.25, 0.3) is 0 Å². The summed E-state index contributed by atoms with van der Waals surface area (Å²) in [7, 11) is 1.29. The van der Waals surface area contributed by atoms with Crippen LogP contribution in [0.4, 0.5) is 0 Å². The maximum Gasteiger partial charge on any atom is 0.336 e. The third kappa shape index (κ3) is 3.83. The minimum absolute atomic E-state index is 0.0208. The molecule has 4 aliphatic carbocycles. The Labute approximate surface area is 251 Å². The molecule has 0 aromatic rings. The van der Waals surface area contributed by atoms with Gasteiger partial charge in [0.05, 0.1) is 13.2 Å². The lowest BCUT2D eigenvalue weighted by atomic mass is 9.43. The van der Waals surface area contributed by atoms with Gasteiger partial charge in [-0.1, -0.05) is 52.7 Å². The van der Waals surface area contributed by atoms with E-state index < -0.39 is 17.7 Å². The summed E-state index contributed by atoms with van der Waals surface area (Å²) < 4.78 is 23.5. The highest BCUT2D eigenvalue weighted by atomic mass is 16.7. The highest BCUT2D eigenvalue weighted by molar-refractivity contribution is 5.92. The van der Waals surface area contributed by atoms with Gasteiger partial charge in [-0.3, -0.25) is 9.59 Å². The van der Waals surface area contributed by atoms with Crippen LogP contribution >= 0.6 is 0 Å². The Hall–Kier alpha value is -2.15. The number of carbonyl (C=O) groups is 3. The van der Waals surface area contributed by atoms with E-state index in [9.17, 15) is 14.4 Å². The first kappa shape index (κ1) is 29.9. The van der Waals surface area contributed by atoms with E-state index in [2.05, 4.69) is 46.3 Å². The summed E-state index contributed by atoms with van der Waals surface area (Å²) in [5.74, 6) is -1.01. The molecule has 42 heavy (non-hydrogen) atoms. The number of esters is 3. The molecule has 3 fully saturated rings. The van der Waals surface area contributed by atoms with Crippen molar-refractivity contribution in [2.75, 3.05) is 7.11 Å². The van der Waals surface area contributed by atoms with Crippen molar-refractivity contribution in [1.82, 2.24) is 0 Å². The zero-order valence-electron chi connectivity index (χ0n) is 27.1. The molecule has 0 aromatic carbocycles. The topological polar surface area (TPSA) is 88.1 Å². The van der Waals surface area contributed by atoms with E-state index in [1.807, 2.05) is 13.8 Å². The fourth-order valence-corrected chi connectivity index (χ4v) is 11.3. The molecule has 232 valence electrons. The molecule has 1 spiro atoms. The summed E-state index contributed by atoms with van der Waals surface area (Å²) in [6.45, 7) is 18.2. The predicted octanol–water partition coefficient (Wildman–Crippen LogP) is 6.84. The molecule has 0 aromatic heterocycles. The first-order chi connectivity index (χ1) is 19.5. The van der Waals surface area contributed by atoms with Gasteiger partial charge in [0.2, 0.25) is 5.79 Å². The SMILES string of the molecule is COC(=O)CC(=O)O[C@@H]1CC[C@]2(C)C3=C(CC[C@H]2C1(C)C)[C@]1(C)C[C@H]2OC4(C[C@@H](C)[C@@H]2[C@@]1(C)CC3)OC(=O)C(C)=C4C. The first-order valence-electron chi connectivity index (χ1n) is 16.1. The van der Waals surface area contributed by atoms with Crippen molar-refractivity contribution < 1.29 is 33.3 Å². The Kier molecular flexibility index (Phi) is 6.71. The summed E-state index contributed by atoms with van der Waals surface area (Å²) in [5.41, 5.74) is 4.91. The summed E-state index contributed by atoms with van der Waals surface area (Å²) in [4.78, 5) is 36.8. The number of hydrogen-bond donors (Lipinski definition) is 0. The van der Waals surface area contributed by atoms with Gasteiger partial charge in [0.25, 0.3) is 0 Å². The summed E-state index contributed by atoms with van der Waals surface area (Å²) in [5, 5.41) is 0. The smallest absolute Gasteiger partial charge is 0.336 e. The van der Waals surface area contributed by atoms with Crippen molar-refractivity contribution in [3.8, 4) is 0 Å². The van der Waals surface area contributed by atoms with Gasteiger partial charge in [-0.05, 0) is 92.8 Å². The monoisotopic (exact) mass is 582 g/mol. The van der Waals surface area contributed by atoms with Crippen molar-refractivity contribution in [2.24, 2.45) is 39.4 Å². The number of carbonyl (C=O) groups excluding carboxylic acids is 3. The molecule has 0 amide bonds. The average Bonchev–Trinajstić information content (AvgIpc) is 3.26. The van der Waals surface area contributed by atoms with Crippen molar-refractivity contribution in [3.63, 3.8) is 0 Å². The van der Waals surface area contributed by atoms with E-state index in [-0.39, 0.29) is 46.3 Å². The van der Waals surface area contributed by atoms with Crippen LogP contribution < -0.4 is 0 Å². The third-order valence-electron chi connectivity index (χ3n) is 13.8. The second-order valence-electron chi connectivity index (χ2n) is 15.8. The Morgan fingerprint density at radius 1 is 0.952 bits per heavy atom. The molecule has 2 saturated carbocycles. The number of ether oxygens (including phenoxy) is 4. The van der Waals surface area contributed by atoms with Crippen molar-refractivity contribution in [3.05, 3.63) is 22.3 Å². The molecule has 9 atom stereocenters. The van der Waals surface area contributed by atoms with Crippen LogP contribution in [-0.2, 0) is 33.3 Å². The molecule has 0 N–H and O–H groups in total. The molecular formula is C35H50O7. The van der Waals surface area contributed by atoms with Gasteiger partial charge in [-0.25, -0.2) is 4.79 Å². The minimum Gasteiger partial charge on any atom is -0.469 e. The van der Waals surface area contributed by atoms with Gasteiger partial charge >= 0.3 is 17.9 Å². The fourth-order valence-electron chi connectivity index (χ4n) is 11.3. The van der Waals surface area contributed by atoms with Crippen LogP contribution in [0.1, 0.15) is 113 Å². The van der Waals surface area contributed by atoms with E-state index in [4.69, 9.17) is 14.2 Å². The molecule has 2 aliphatic heterocycles. The third-order valence-corrected chi connectivity index (χ3v) is 13.8. The lowest BCUT2D eigenvalue weighted by molar-refractivity contribution is -0.262. The highest BCUT2D eigenvalue weighted by Gasteiger charge is 2.69. The molecule has 7 nitrogen and oxygen atoms in total. The zero-order valence-corrected chi connectivity index (χ0v) is 27.1. The number of hydrogen-bond acceptors (Lipinski definition) is 7. The molecule has 0 bridgehead atoms. The lowest BCUT2D eigenvalue weighted by Gasteiger charge is -2.62. The van der Waals surface area contributed by atoms with Gasteiger partial charge < -0.3 is 18.9 Å². The molecule has 6 aliphatic rings. The Balaban J connectivity index is 1.30. The molecule has 2 heterocycles. The van der Waals surface area contributed by atoms with E-state index in [1.54, 1.807) is 11.1 Å². The van der Waals surface area contributed by atoms with E-state index in [0.717, 1.165) is 56.9 Å². The number of fused-ring (bicyclic) bond motifs is 6. The molecule has 1 unspecified atom stereocenters. The van der Waals surface area contributed by atoms with Crippen LogP contribution in [0.3, 0.4) is 0 Å². The zero-order chi connectivity index (χ0) is 30.6. The van der Waals surface area contributed by atoms with Gasteiger partial charge in [0, 0.05) is 23.0 Å². The fraction of sp³-hybridized carbons (Fsp3) is 0.800. The summed E-state index contributed by atoms with van der Waals surface area (Å²) in [6.07, 6.45) is 7.31. The maximum atomic E-state index is 12.6. The Morgan fingerprint density at radius 3 is 2.31 bits per heavy atom. The quantitative estimate of drug-likeness (QED) is 0.156. The van der Waals surface area contributed by atoms with Crippen LogP contribution in [-0.4, -0.2) is 43.0 Å². The van der Waals surface area contributed by atoms with Gasteiger partial charge in [0.1, 0.15) is 12.5 Å². The highest BCUT2D eigenvalue weighted by Crippen LogP contribution is 2.74. The van der Waals surface area contributed by atoms with E-state index in [1.165, 1.54) is 7.11 Å².